The molecule has 0 bridgehead atoms. The molecule has 0 saturated heterocycles. The Kier molecular flexibility index (Phi) is 6.81. The molecule has 0 aliphatic rings. The molecule has 0 heterocycles. The van der Waals surface area contributed by atoms with E-state index in [9.17, 15) is 4.79 Å². The SMILES string of the molecule is CCCOCCC(=O)CCC(C)(C)C. The third-order valence-electron chi connectivity index (χ3n) is 2.03. The second-order valence-electron chi connectivity index (χ2n) is 4.96. The van der Waals surface area contributed by atoms with Gasteiger partial charge in [-0.25, -0.2) is 0 Å². The summed E-state index contributed by atoms with van der Waals surface area (Å²) in [6.07, 6.45) is 3.27. The van der Waals surface area contributed by atoms with Gasteiger partial charge in [-0.15, -0.1) is 0 Å². The lowest BCUT2D eigenvalue weighted by Crippen LogP contribution is -2.10. The van der Waals surface area contributed by atoms with E-state index in [4.69, 9.17) is 4.74 Å². The van der Waals surface area contributed by atoms with Gasteiger partial charge in [0.2, 0.25) is 0 Å². The van der Waals surface area contributed by atoms with Crippen molar-refractivity contribution in [3.8, 4) is 0 Å². The molecule has 0 saturated carbocycles. The van der Waals surface area contributed by atoms with Gasteiger partial charge in [0.25, 0.3) is 0 Å². The fraction of sp³-hybridized carbons (Fsp3) is 0.917. The quantitative estimate of drug-likeness (QED) is 0.590. The van der Waals surface area contributed by atoms with E-state index in [0.717, 1.165) is 19.4 Å². The summed E-state index contributed by atoms with van der Waals surface area (Å²) in [5.74, 6) is 0.330. The van der Waals surface area contributed by atoms with Crippen molar-refractivity contribution < 1.29 is 9.53 Å². The van der Waals surface area contributed by atoms with Gasteiger partial charge in [-0.3, -0.25) is 4.79 Å². The van der Waals surface area contributed by atoms with E-state index in [1.54, 1.807) is 0 Å². The van der Waals surface area contributed by atoms with Gasteiger partial charge in [0.05, 0.1) is 6.61 Å². The molecule has 84 valence electrons. The fourth-order valence-corrected chi connectivity index (χ4v) is 1.07. The zero-order chi connectivity index (χ0) is 11.0. The van der Waals surface area contributed by atoms with Crippen LogP contribution in [-0.4, -0.2) is 19.0 Å². The maximum absolute atomic E-state index is 11.4. The topological polar surface area (TPSA) is 26.3 Å². The second kappa shape index (κ2) is 6.99. The monoisotopic (exact) mass is 200 g/mol. The lowest BCUT2D eigenvalue weighted by atomic mass is 9.89. The van der Waals surface area contributed by atoms with Gasteiger partial charge in [-0.2, -0.15) is 0 Å². The van der Waals surface area contributed by atoms with Crippen LogP contribution in [0.2, 0.25) is 0 Å². The summed E-state index contributed by atoms with van der Waals surface area (Å²) in [7, 11) is 0. The van der Waals surface area contributed by atoms with Crippen molar-refractivity contribution in [3.63, 3.8) is 0 Å². The minimum Gasteiger partial charge on any atom is -0.381 e. The molecule has 0 aliphatic carbocycles. The van der Waals surface area contributed by atoms with Crippen molar-refractivity contribution in [3.05, 3.63) is 0 Å². The van der Waals surface area contributed by atoms with E-state index in [1.807, 2.05) is 0 Å². The van der Waals surface area contributed by atoms with E-state index < -0.39 is 0 Å². The molecule has 0 aromatic heterocycles. The zero-order valence-electron chi connectivity index (χ0n) is 10.1. The number of ether oxygens (including phenoxy) is 1. The molecule has 0 N–H and O–H groups in total. The molecule has 0 aromatic rings. The zero-order valence-corrected chi connectivity index (χ0v) is 10.1. The minimum absolute atomic E-state index is 0.264. The number of ketones is 1. The van der Waals surface area contributed by atoms with E-state index in [-0.39, 0.29) is 5.41 Å². The van der Waals surface area contributed by atoms with Crippen LogP contribution in [0, 0.1) is 5.41 Å². The highest BCUT2D eigenvalue weighted by atomic mass is 16.5. The summed E-state index contributed by atoms with van der Waals surface area (Å²) in [6, 6.07) is 0. The molecule has 14 heavy (non-hydrogen) atoms. The van der Waals surface area contributed by atoms with Gasteiger partial charge in [-0.05, 0) is 18.3 Å². The van der Waals surface area contributed by atoms with Crippen molar-refractivity contribution in [1.82, 2.24) is 0 Å². The highest BCUT2D eigenvalue weighted by molar-refractivity contribution is 5.78. The maximum atomic E-state index is 11.4. The Hall–Kier alpha value is -0.370. The summed E-state index contributed by atoms with van der Waals surface area (Å²) in [5.41, 5.74) is 0.264. The predicted molar refractivity (Wildman–Crippen MR) is 59.4 cm³/mol. The molecule has 0 atom stereocenters. The third kappa shape index (κ3) is 9.72. The smallest absolute Gasteiger partial charge is 0.135 e. The summed E-state index contributed by atoms with van der Waals surface area (Å²) >= 11 is 0. The highest BCUT2D eigenvalue weighted by Crippen LogP contribution is 2.20. The Labute approximate surface area is 88.0 Å². The van der Waals surface area contributed by atoms with Crippen LogP contribution in [0.1, 0.15) is 53.4 Å². The summed E-state index contributed by atoms with van der Waals surface area (Å²) in [6.45, 7) is 9.92. The molecule has 0 fully saturated rings. The van der Waals surface area contributed by atoms with Gasteiger partial charge in [-0.1, -0.05) is 27.7 Å². The van der Waals surface area contributed by atoms with Crippen LogP contribution in [0.25, 0.3) is 0 Å². The molecular formula is C12H24O2. The van der Waals surface area contributed by atoms with Crippen molar-refractivity contribution in [2.45, 2.75) is 53.4 Å². The Morgan fingerprint density at radius 1 is 1.14 bits per heavy atom. The molecule has 0 spiro atoms. The van der Waals surface area contributed by atoms with Crippen LogP contribution in [-0.2, 0) is 9.53 Å². The van der Waals surface area contributed by atoms with Gasteiger partial charge < -0.3 is 4.74 Å². The summed E-state index contributed by atoms with van der Waals surface area (Å²) < 4.78 is 5.26. The standard InChI is InChI=1S/C12H24O2/c1-5-9-14-10-7-11(13)6-8-12(2,3)4/h5-10H2,1-4H3. The van der Waals surface area contributed by atoms with E-state index >= 15 is 0 Å². The average molecular weight is 200 g/mol. The van der Waals surface area contributed by atoms with Crippen LogP contribution < -0.4 is 0 Å². The predicted octanol–water partition coefficient (Wildman–Crippen LogP) is 3.20. The first-order chi connectivity index (χ1) is 6.45. The lowest BCUT2D eigenvalue weighted by Gasteiger charge is -2.16. The lowest BCUT2D eigenvalue weighted by molar-refractivity contribution is -0.120. The van der Waals surface area contributed by atoms with Crippen LogP contribution in [0.15, 0.2) is 0 Å². The van der Waals surface area contributed by atoms with Crippen molar-refractivity contribution in [2.75, 3.05) is 13.2 Å². The normalized spacial score (nSPS) is 11.7. The summed E-state index contributed by atoms with van der Waals surface area (Å²) in [4.78, 5) is 11.4. The van der Waals surface area contributed by atoms with Crippen molar-refractivity contribution >= 4 is 5.78 Å². The third-order valence-corrected chi connectivity index (χ3v) is 2.03. The number of hydrogen-bond donors (Lipinski definition) is 0. The second-order valence-corrected chi connectivity index (χ2v) is 4.96. The molecule has 0 aromatic carbocycles. The van der Waals surface area contributed by atoms with Crippen LogP contribution in [0.3, 0.4) is 0 Å². The van der Waals surface area contributed by atoms with Crippen molar-refractivity contribution in [1.29, 1.82) is 0 Å². The molecule has 0 aliphatic heterocycles. The first-order valence-corrected chi connectivity index (χ1v) is 5.55. The average Bonchev–Trinajstić information content (AvgIpc) is 2.08. The highest BCUT2D eigenvalue weighted by Gasteiger charge is 2.12. The van der Waals surface area contributed by atoms with E-state index in [1.165, 1.54) is 0 Å². The van der Waals surface area contributed by atoms with Gasteiger partial charge in [0, 0.05) is 19.4 Å². The van der Waals surface area contributed by atoms with Gasteiger partial charge >= 0.3 is 0 Å². The van der Waals surface area contributed by atoms with Crippen molar-refractivity contribution in [2.24, 2.45) is 5.41 Å². The number of hydrogen-bond acceptors (Lipinski definition) is 2. The Morgan fingerprint density at radius 2 is 1.79 bits per heavy atom. The molecule has 0 unspecified atom stereocenters. The molecule has 0 rings (SSSR count). The Bertz CT molecular complexity index is 156. The first-order valence-electron chi connectivity index (χ1n) is 5.55. The van der Waals surface area contributed by atoms with Crippen LogP contribution in [0.5, 0.6) is 0 Å². The Morgan fingerprint density at radius 3 is 2.29 bits per heavy atom. The molecule has 0 amide bonds. The summed E-state index contributed by atoms with van der Waals surface area (Å²) in [5, 5.41) is 0. The molecule has 2 heteroatoms. The van der Waals surface area contributed by atoms with Crippen LogP contribution in [0.4, 0.5) is 0 Å². The van der Waals surface area contributed by atoms with E-state index in [2.05, 4.69) is 27.7 Å². The van der Waals surface area contributed by atoms with Gasteiger partial charge in [0.15, 0.2) is 0 Å². The van der Waals surface area contributed by atoms with Crippen LogP contribution >= 0.6 is 0 Å². The largest absolute Gasteiger partial charge is 0.381 e. The Balaban J connectivity index is 3.38. The minimum atomic E-state index is 0.264. The number of Topliss-reactive ketones (excluding diaryl/α,β-unsaturated/α-hetero) is 1. The maximum Gasteiger partial charge on any atom is 0.135 e. The molecular weight excluding hydrogens is 176 g/mol. The fourth-order valence-electron chi connectivity index (χ4n) is 1.07. The molecule has 2 nitrogen and oxygen atoms in total. The number of carbonyl (C=O) groups excluding carboxylic acids is 1. The van der Waals surface area contributed by atoms with E-state index in [0.29, 0.717) is 25.2 Å². The molecule has 0 radical (unpaired) electrons. The first kappa shape index (κ1) is 13.6. The number of rotatable bonds is 7. The number of carbonyl (C=O) groups is 1. The van der Waals surface area contributed by atoms with Gasteiger partial charge in [0.1, 0.15) is 5.78 Å².